The van der Waals surface area contributed by atoms with Crippen LogP contribution in [0.1, 0.15) is 29.2 Å². The number of carbonyl (C=O) groups excluding carboxylic acids is 1. The quantitative estimate of drug-likeness (QED) is 0.306. The van der Waals surface area contributed by atoms with Crippen LogP contribution < -0.4 is 15.8 Å². The second-order valence-corrected chi connectivity index (χ2v) is 7.02. The molecule has 0 saturated heterocycles. The van der Waals surface area contributed by atoms with Crippen LogP contribution in [0.15, 0.2) is 48.5 Å². The summed E-state index contributed by atoms with van der Waals surface area (Å²) in [5, 5.41) is 10.3. The first-order valence-electron chi connectivity index (χ1n) is 9.52. The minimum absolute atomic E-state index is 0.0187. The highest BCUT2D eigenvalue weighted by molar-refractivity contribution is 5.94. The topological polar surface area (TPSA) is 101 Å². The number of rotatable bonds is 11. The Morgan fingerprint density at radius 1 is 1.14 bits per heavy atom. The van der Waals surface area contributed by atoms with Gasteiger partial charge in [-0.25, -0.2) is 0 Å². The van der Waals surface area contributed by atoms with E-state index in [4.69, 9.17) is 20.6 Å². The lowest BCUT2D eigenvalue weighted by atomic mass is 10.1. The Morgan fingerprint density at radius 3 is 2.34 bits per heavy atom. The molecular formula is C22H30N4O3. The molecule has 4 N–H and O–H groups in total. The number of amides is 1. The average molecular weight is 399 g/mol. The van der Waals surface area contributed by atoms with E-state index in [2.05, 4.69) is 10.2 Å². The number of methoxy groups -OCH3 is 1. The minimum atomic E-state index is -0.700. The number of nitrogens with two attached hydrogens (primary N) is 1. The molecule has 2 aromatic carbocycles. The first kappa shape index (κ1) is 22.4. The van der Waals surface area contributed by atoms with E-state index < -0.39 is 6.10 Å². The summed E-state index contributed by atoms with van der Waals surface area (Å²) in [7, 11) is 5.58. The van der Waals surface area contributed by atoms with Gasteiger partial charge in [0.25, 0.3) is 5.91 Å². The molecule has 0 bridgehead atoms. The van der Waals surface area contributed by atoms with Gasteiger partial charge in [-0.2, -0.15) is 0 Å². The number of carbonyl (C=O) groups is 1. The van der Waals surface area contributed by atoms with Gasteiger partial charge in [-0.15, -0.1) is 0 Å². The van der Waals surface area contributed by atoms with Crippen LogP contribution in [0.2, 0.25) is 0 Å². The fraction of sp³-hybridized carbons (Fsp3) is 0.364. The molecule has 2 rings (SSSR count). The summed E-state index contributed by atoms with van der Waals surface area (Å²) in [6.07, 6.45) is 0.250. The van der Waals surface area contributed by atoms with E-state index in [1.165, 1.54) is 7.11 Å². The fourth-order valence-corrected chi connectivity index (χ4v) is 2.79. The van der Waals surface area contributed by atoms with Crippen molar-refractivity contribution in [3.8, 4) is 5.75 Å². The Kier molecular flexibility index (Phi) is 8.64. The van der Waals surface area contributed by atoms with Crippen molar-refractivity contribution >= 4 is 11.7 Å². The Morgan fingerprint density at radius 2 is 1.79 bits per heavy atom. The van der Waals surface area contributed by atoms with Gasteiger partial charge in [-0.1, -0.05) is 36.4 Å². The maximum Gasteiger partial charge on any atom is 0.254 e. The number of ether oxygens (including phenoxy) is 2. The van der Waals surface area contributed by atoms with Crippen molar-refractivity contribution in [2.75, 3.05) is 34.4 Å². The van der Waals surface area contributed by atoms with Crippen molar-refractivity contribution < 1.29 is 14.3 Å². The molecule has 0 aliphatic carbocycles. The number of hydrogen-bond acceptors (Lipinski definition) is 5. The Labute approximate surface area is 172 Å². The van der Waals surface area contributed by atoms with Gasteiger partial charge in [0.1, 0.15) is 11.6 Å². The lowest BCUT2D eigenvalue weighted by Gasteiger charge is -2.16. The summed E-state index contributed by atoms with van der Waals surface area (Å²) in [5.41, 5.74) is 7.78. The molecule has 156 valence electrons. The highest BCUT2D eigenvalue weighted by Gasteiger charge is 2.19. The predicted octanol–water partition coefficient (Wildman–Crippen LogP) is 2.31. The molecule has 0 saturated carbocycles. The van der Waals surface area contributed by atoms with Gasteiger partial charge in [0.15, 0.2) is 6.10 Å². The molecule has 2 aromatic rings. The smallest absolute Gasteiger partial charge is 0.254 e. The van der Waals surface area contributed by atoms with Gasteiger partial charge < -0.3 is 25.4 Å². The first-order valence-corrected chi connectivity index (χ1v) is 9.52. The van der Waals surface area contributed by atoms with Gasteiger partial charge >= 0.3 is 0 Å². The molecule has 7 nitrogen and oxygen atoms in total. The zero-order valence-electron chi connectivity index (χ0n) is 17.3. The standard InChI is InChI=1S/C22H30N4O3/c1-26(2)13-4-14-29-19-11-9-17(10-12-19)20(28-3)22(27)25-15-16-5-7-18(8-6-16)21(23)24/h5-12,20H,4,13-15H2,1-3H3,(H3,23,24)(H,25,27)/t20-/m0/s1. The van der Waals surface area contributed by atoms with Crippen molar-refractivity contribution in [3.05, 3.63) is 65.2 Å². The third kappa shape index (κ3) is 7.21. The molecule has 0 spiro atoms. The number of amidine groups is 1. The molecule has 1 atom stereocenters. The van der Waals surface area contributed by atoms with Crippen LogP contribution in [0, 0.1) is 5.41 Å². The number of nitrogen functional groups attached to an aromatic ring is 1. The average Bonchev–Trinajstić information content (AvgIpc) is 2.71. The van der Waals surface area contributed by atoms with Crippen molar-refractivity contribution in [3.63, 3.8) is 0 Å². The Balaban J connectivity index is 1.88. The third-order valence-corrected chi connectivity index (χ3v) is 4.41. The normalized spacial score (nSPS) is 11.9. The number of hydrogen-bond donors (Lipinski definition) is 3. The third-order valence-electron chi connectivity index (χ3n) is 4.41. The Bertz CT molecular complexity index is 789. The van der Waals surface area contributed by atoms with Crippen LogP contribution in [0.5, 0.6) is 5.75 Å². The zero-order chi connectivity index (χ0) is 21.2. The van der Waals surface area contributed by atoms with Crippen molar-refractivity contribution in [2.45, 2.75) is 19.1 Å². The number of nitrogens with zero attached hydrogens (tertiary/aromatic N) is 1. The van der Waals surface area contributed by atoms with Crippen molar-refractivity contribution in [1.29, 1.82) is 5.41 Å². The van der Waals surface area contributed by atoms with Gasteiger partial charge in [0.05, 0.1) is 6.61 Å². The summed E-state index contributed by atoms with van der Waals surface area (Å²) in [5.74, 6) is 0.571. The highest BCUT2D eigenvalue weighted by atomic mass is 16.5. The van der Waals surface area contributed by atoms with E-state index in [1.807, 2.05) is 50.5 Å². The summed E-state index contributed by atoms with van der Waals surface area (Å²) in [6.45, 7) is 1.99. The van der Waals surface area contributed by atoms with Crippen LogP contribution >= 0.6 is 0 Å². The fourth-order valence-electron chi connectivity index (χ4n) is 2.79. The summed E-state index contributed by atoms with van der Waals surface area (Å²) in [6, 6.07) is 14.6. The molecule has 0 fully saturated rings. The molecule has 0 unspecified atom stereocenters. The van der Waals surface area contributed by atoms with Crippen LogP contribution in [0.4, 0.5) is 0 Å². The summed E-state index contributed by atoms with van der Waals surface area (Å²) >= 11 is 0. The summed E-state index contributed by atoms with van der Waals surface area (Å²) in [4.78, 5) is 14.7. The minimum Gasteiger partial charge on any atom is -0.494 e. The largest absolute Gasteiger partial charge is 0.494 e. The predicted molar refractivity (Wildman–Crippen MR) is 114 cm³/mol. The molecule has 29 heavy (non-hydrogen) atoms. The van der Waals surface area contributed by atoms with E-state index in [1.54, 1.807) is 12.1 Å². The molecule has 0 aromatic heterocycles. The van der Waals surface area contributed by atoms with Gasteiger partial charge in [-0.3, -0.25) is 10.2 Å². The molecule has 0 radical (unpaired) electrons. The molecule has 7 heteroatoms. The maximum atomic E-state index is 12.6. The van der Waals surface area contributed by atoms with Crippen molar-refractivity contribution in [1.82, 2.24) is 10.2 Å². The second-order valence-electron chi connectivity index (χ2n) is 7.02. The molecule has 0 heterocycles. The molecule has 1 amide bonds. The zero-order valence-corrected chi connectivity index (χ0v) is 17.3. The molecular weight excluding hydrogens is 368 g/mol. The molecule has 0 aliphatic heterocycles. The molecule has 0 aliphatic rings. The SMILES string of the molecule is CO[C@H](C(=O)NCc1ccc(C(=N)N)cc1)c1ccc(OCCCN(C)C)cc1. The van der Waals surface area contributed by atoms with Gasteiger partial charge in [0, 0.05) is 25.8 Å². The number of nitrogens with one attached hydrogen (secondary N) is 2. The van der Waals surface area contributed by atoms with E-state index in [9.17, 15) is 4.79 Å². The first-order chi connectivity index (χ1) is 13.9. The number of benzene rings is 2. The van der Waals surface area contributed by atoms with Crippen LogP contribution in [0.3, 0.4) is 0 Å². The van der Waals surface area contributed by atoms with E-state index >= 15 is 0 Å². The lowest BCUT2D eigenvalue weighted by Crippen LogP contribution is -2.30. The maximum absolute atomic E-state index is 12.6. The van der Waals surface area contributed by atoms with Crippen LogP contribution in [0.25, 0.3) is 0 Å². The van der Waals surface area contributed by atoms with E-state index in [0.29, 0.717) is 18.7 Å². The van der Waals surface area contributed by atoms with Gasteiger partial charge in [0.2, 0.25) is 0 Å². The van der Waals surface area contributed by atoms with Crippen LogP contribution in [-0.4, -0.2) is 51.0 Å². The van der Waals surface area contributed by atoms with E-state index in [0.717, 1.165) is 29.8 Å². The van der Waals surface area contributed by atoms with Crippen molar-refractivity contribution in [2.24, 2.45) is 5.73 Å². The second kappa shape index (κ2) is 11.2. The lowest BCUT2D eigenvalue weighted by molar-refractivity contribution is -0.131. The van der Waals surface area contributed by atoms with Gasteiger partial charge in [-0.05, 0) is 43.8 Å². The summed E-state index contributed by atoms with van der Waals surface area (Å²) < 4.78 is 11.1. The highest BCUT2D eigenvalue weighted by Crippen LogP contribution is 2.21. The van der Waals surface area contributed by atoms with Crippen LogP contribution in [-0.2, 0) is 16.1 Å². The monoisotopic (exact) mass is 398 g/mol. The Hall–Kier alpha value is -2.90. The van der Waals surface area contributed by atoms with E-state index in [-0.39, 0.29) is 11.7 Å².